The van der Waals surface area contributed by atoms with Gasteiger partial charge >= 0.3 is 0 Å². The molecule has 1 heterocycles. The Balaban J connectivity index is 1.83. The zero-order valence-corrected chi connectivity index (χ0v) is 16.3. The van der Waals surface area contributed by atoms with E-state index in [1.807, 2.05) is 24.5 Å². The van der Waals surface area contributed by atoms with Gasteiger partial charge in [0.05, 0.1) is 16.8 Å². The number of hydrogen-bond acceptors (Lipinski definition) is 4. The molecule has 29 heavy (non-hydrogen) atoms. The molecule has 0 saturated carbocycles. The molecular formula is C20H16ClFN4O3. The van der Waals surface area contributed by atoms with Crippen molar-refractivity contribution in [2.24, 2.45) is 5.10 Å². The Kier molecular flexibility index (Phi) is 5.74. The summed E-state index contributed by atoms with van der Waals surface area (Å²) in [5.74, 6) is -0.900. The van der Waals surface area contributed by atoms with E-state index in [2.05, 4.69) is 10.5 Å². The largest absolute Gasteiger partial charge is 0.318 e. The van der Waals surface area contributed by atoms with Gasteiger partial charge in [0.25, 0.3) is 11.6 Å². The number of nitrogens with zero attached hydrogens (tertiary/aromatic N) is 3. The highest BCUT2D eigenvalue weighted by Crippen LogP contribution is 2.29. The number of carbonyl (C=O) groups is 1. The number of rotatable bonds is 5. The van der Waals surface area contributed by atoms with Gasteiger partial charge in [0.2, 0.25) is 0 Å². The molecule has 148 valence electrons. The summed E-state index contributed by atoms with van der Waals surface area (Å²) in [5, 5.41) is 15.2. The molecule has 0 bridgehead atoms. The lowest BCUT2D eigenvalue weighted by Crippen LogP contribution is -2.17. The summed E-state index contributed by atoms with van der Waals surface area (Å²) in [5.41, 5.74) is 5.40. The third kappa shape index (κ3) is 4.33. The average molecular weight is 415 g/mol. The van der Waals surface area contributed by atoms with Crippen molar-refractivity contribution in [1.82, 2.24) is 9.99 Å². The molecular weight excluding hydrogens is 399 g/mol. The predicted octanol–water partition coefficient (Wildman–Crippen LogP) is 4.56. The van der Waals surface area contributed by atoms with E-state index in [0.29, 0.717) is 5.69 Å². The molecule has 9 heteroatoms. The molecule has 0 radical (unpaired) electrons. The van der Waals surface area contributed by atoms with Crippen molar-refractivity contribution in [3.8, 4) is 5.69 Å². The van der Waals surface area contributed by atoms with Crippen LogP contribution < -0.4 is 5.43 Å². The molecule has 3 rings (SSSR count). The van der Waals surface area contributed by atoms with Crippen LogP contribution in [0.3, 0.4) is 0 Å². The number of carbonyl (C=O) groups excluding carboxylic acids is 1. The second-order valence-electron chi connectivity index (χ2n) is 6.26. The van der Waals surface area contributed by atoms with Gasteiger partial charge in [0.15, 0.2) is 0 Å². The minimum absolute atomic E-state index is 0.0616. The molecule has 7 nitrogen and oxygen atoms in total. The lowest BCUT2D eigenvalue weighted by Gasteiger charge is -2.10. The fourth-order valence-corrected chi connectivity index (χ4v) is 3.11. The average Bonchev–Trinajstić information content (AvgIpc) is 2.96. The molecule has 0 unspecified atom stereocenters. The molecule has 1 aromatic heterocycles. The Bertz CT molecular complexity index is 1120. The van der Waals surface area contributed by atoms with Crippen molar-refractivity contribution in [1.29, 1.82) is 0 Å². The number of hydrazone groups is 1. The van der Waals surface area contributed by atoms with Gasteiger partial charge in [-0.2, -0.15) is 5.10 Å². The van der Waals surface area contributed by atoms with Crippen LogP contribution in [0.25, 0.3) is 5.69 Å². The van der Waals surface area contributed by atoms with Crippen LogP contribution in [-0.2, 0) is 0 Å². The van der Waals surface area contributed by atoms with E-state index in [9.17, 15) is 19.3 Å². The number of halogens is 2. The quantitative estimate of drug-likeness (QED) is 0.377. The van der Waals surface area contributed by atoms with Gasteiger partial charge in [-0.3, -0.25) is 14.9 Å². The van der Waals surface area contributed by atoms with Gasteiger partial charge in [-0.05, 0) is 56.3 Å². The van der Waals surface area contributed by atoms with E-state index >= 15 is 0 Å². The normalized spacial score (nSPS) is 11.0. The van der Waals surface area contributed by atoms with Crippen molar-refractivity contribution in [2.45, 2.75) is 13.8 Å². The van der Waals surface area contributed by atoms with E-state index in [1.54, 1.807) is 6.07 Å². The highest BCUT2D eigenvalue weighted by atomic mass is 35.5. The second kappa shape index (κ2) is 8.24. The Morgan fingerprint density at radius 2 is 1.90 bits per heavy atom. The molecule has 0 fully saturated rings. The van der Waals surface area contributed by atoms with Gasteiger partial charge in [-0.1, -0.05) is 11.6 Å². The summed E-state index contributed by atoms with van der Waals surface area (Å²) < 4.78 is 14.8. The summed E-state index contributed by atoms with van der Waals surface area (Å²) in [6.07, 6.45) is 1.48. The van der Waals surface area contributed by atoms with Crippen LogP contribution in [-0.4, -0.2) is 21.6 Å². The molecule has 3 aromatic rings. The smallest absolute Gasteiger partial charge is 0.289 e. The number of benzene rings is 2. The molecule has 0 spiro atoms. The van der Waals surface area contributed by atoms with Crippen LogP contribution in [0, 0.1) is 29.8 Å². The van der Waals surface area contributed by atoms with E-state index in [0.717, 1.165) is 17.0 Å². The highest BCUT2D eigenvalue weighted by Gasteiger charge is 2.16. The van der Waals surface area contributed by atoms with E-state index in [1.165, 1.54) is 42.6 Å². The summed E-state index contributed by atoms with van der Waals surface area (Å²) in [6, 6.07) is 11.5. The molecule has 0 aliphatic carbocycles. The van der Waals surface area contributed by atoms with Crippen LogP contribution in [0.5, 0.6) is 0 Å². The van der Waals surface area contributed by atoms with Gasteiger partial charge in [-0.25, -0.2) is 9.82 Å². The first-order chi connectivity index (χ1) is 13.8. The fraction of sp³-hybridized carbons (Fsp3) is 0.100. The lowest BCUT2D eigenvalue weighted by molar-refractivity contribution is -0.384. The first-order valence-corrected chi connectivity index (χ1v) is 8.88. The third-order valence-electron chi connectivity index (χ3n) is 4.33. The summed E-state index contributed by atoms with van der Waals surface area (Å²) >= 11 is 5.89. The topological polar surface area (TPSA) is 89.5 Å². The molecule has 0 atom stereocenters. The Hall–Kier alpha value is -3.52. The van der Waals surface area contributed by atoms with Gasteiger partial charge in [0.1, 0.15) is 10.8 Å². The van der Waals surface area contributed by atoms with Crippen molar-refractivity contribution in [3.63, 3.8) is 0 Å². The van der Waals surface area contributed by atoms with Crippen LogP contribution >= 0.6 is 11.6 Å². The van der Waals surface area contributed by atoms with Crippen molar-refractivity contribution in [3.05, 3.63) is 92.0 Å². The fourth-order valence-electron chi connectivity index (χ4n) is 2.92. The monoisotopic (exact) mass is 414 g/mol. The maximum Gasteiger partial charge on any atom is 0.289 e. The summed E-state index contributed by atoms with van der Waals surface area (Å²) in [7, 11) is 0. The minimum Gasteiger partial charge on any atom is -0.318 e. The van der Waals surface area contributed by atoms with Crippen LogP contribution in [0.15, 0.2) is 53.6 Å². The predicted molar refractivity (Wildman–Crippen MR) is 108 cm³/mol. The van der Waals surface area contributed by atoms with E-state index in [-0.39, 0.29) is 16.3 Å². The Morgan fingerprint density at radius 1 is 1.21 bits per heavy atom. The highest BCUT2D eigenvalue weighted by molar-refractivity contribution is 6.32. The summed E-state index contributed by atoms with van der Waals surface area (Å²) in [6.45, 7) is 3.68. The van der Waals surface area contributed by atoms with E-state index < -0.39 is 16.6 Å². The van der Waals surface area contributed by atoms with E-state index in [4.69, 9.17) is 11.6 Å². The molecule has 2 aromatic carbocycles. The third-order valence-corrected chi connectivity index (χ3v) is 4.65. The number of nitro groups is 1. The Morgan fingerprint density at radius 3 is 2.55 bits per heavy atom. The minimum atomic E-state index is -0.534. The summed E-state index contributed by atoms with van der Waals surface area (Å²) in [4.78, 5) is 22.6. The Labute approximate surface area is 170 Å². The van der Waals surface area contributed by atoms with Crippen molar-refractivity contribution in [2.75, 3.05) is 0 Å². The first-order valence-electron chi connectivity index (χ1n) is 8.50. The zero-order valence-electron chi connectivity index (χ0n) is 15.5. The first kappa shape index (κ1) is 20.2. The van der Waals surface area contributed by atoms with Crippen LogP contribution in [0.4, 0.5) is 10.1 Å². The SMILES string of the molecule is Cc1cc(/C=N\NC(=O)c2ccc(F)cc2)c(C)n1-c1ccc(Cl)c([N+](=O)[O-])c1. The number of aromatic nitrogens is 1. The van der Waals surface area contributed by atoms with Gasteiger partial charge in [-0.15, -0.1) is 0 Å². The molecule has 0 saturated heterocycles. The standard InChI is InChI=1S/C20H16ClFN4O3/c1-12-9-15(11-23-24-20(27)14-3-5-16(22)6-4-14)13(2)25(12)17-7-8-18(21)19(10-17)26(28)29/h3-11H,1-2H3,(H,24,27)/b23-11-. The number of aryl methyl sites for hydroxylation is 1. The second-order valence-corrected chi connectivity index (χ2v) is 6.67. The van der Waals surface area contributed by atoms with Gasteiger partial charge < -0.3 is 4.57 Å². The lowest BCUT2D eigenvalue weighted by atomic mass is 10.2. The number of hydrogen-bond donors (Lipinski definition) is 1. The van der Waals surface area contributed by atoms with Gasteiger partial charge in [0, 0.05) is 28.6 Å². The van der Waals surface area contributed by atoms with Crippen molar-refractivity contribution >= 4 is 29.4 Å². The van der Waals surface area contributed by atoms with Crippen LogP contribution in [0.1, 0.15) is 27.3 Å². The number of nitro benzene ring substituents is 1. The zero-order chi connectivity index (χ0) is 21.1. The molecule has 0 aliphatic rings. The molecule has 1 N–H and O–H groups in total. The van der Waals surface area contributed by atoms with Crippen LogP contribution in [0.2, 0.25) is 5.02 Å². The molecule has 0 aliphatic heterocycles. The molecule has 1 amide bonds. The maximum atomic E-state index is 12.9. The maximum absolute atomic E-state index is 12.9. The number of amides is 1. The van der Waals surface area contributed by atoms with Crippen molar-refractivity contribution < 1.29 is 14.1 Å². The number of nitrogens with one attached hydrogen (secondary N) is 1.